The molecule has 4 heteroatoms. The summed E-state index contributed by atoms with van der Waals surface area (Å²) in [7, 11) is 0. The van der Waals surface area contributed by atoms with Gasteiger partial charge in [-0.2, -0.15) is 0 Å². The van der Waals surface area contributed by atoms with Crippen LogP contribution < -0.4 is 5.73 Å². The Morgan fingerprint density at radius 2 is 1.50 bits per heavy atom. The number of carbonyl (C=O) groups is 2. The summed E-state index contributed by atoms with van der Waals surface area (Å²) in [4.78, 5) is 26.8. The lowest BCUT2D eigenvalue weighted by Crippen LogP contribution is -2.51. The molecule has 0 unspecified atom stereocenters. The van der Waals surface area contributed by atoms with Crippen LogP contribution in [0.4, 0.5) is 0 Å². The molecule has 1 saturated carbocycles. The summed E-state index contributed by atoms with van der Waals surface area (Å²) in [5.41, 5.74) is 9.04. The molecule has 0 radical (unpaired) electrons. The van der Waals surface area contributed by atoms with E-state index in [9.17, 15) is 9.59 Å². The summed E-state index contributed by atoms with van der Waals surface area (Å²) >= 11 is 0. The molecule has 0 bridgehead atoms. The van der Waals surface area contributed by atoms with Gasteiger partial charge in [-0.05, 0) is 37.8 Å². The van der Waals surface area contributed by atoms with Crippen molar-refractivity contribution in [1.82, 2.24) is 4.90 Å². The zero-order chi connectivity index (χ0) is 14.4. The number of imide groups is 1. The van der Waals surface area contributed by atoms with E-state index >= 15 is 0 Å². The Balaban J connectivity index is 2.05. The minimum absolute atomic E-state index is 0.0911. The predicted molar refractivity (Wildman–Crippen MR) is 76.6 cm³/mol. The molecule has 2 aliphatic rings. The van der Waals surface area contributed by atoms with Crippen LogP contribution in [0.25, 0.3) is 0 Å². The maximum Gasteiger partial charge on any atom is 0.262 e. The summed E-state index contributed by atoms with van der Waals surface area (Å²) in [5, 5.41) is 0. The lowest BCUT2D eigenvalue weighted by Gasteiger charge is -2.34. The fourth-order valence-corrected chi connectivity index (χ4v) is 3.46. The fraction of sp³-hybridized carbons (Fsp3) is 0.500. The number of benzene rings is 1. The molecule has 0 spiro atoms. The summed E-state index contributed by atoms with van der Waals surface area (Å²) in [6.07, 6.45) is 3.82. The molecule has 2 atom stereocenters. The van der Waals surface area contributed by atoms with Crippen molar-refractivity contribution in [3.63, 3.8) is 0 Å². The van der Waals surface area contributed by atoms with Crippen LogP contribution in [-0.2, 0) is 0 Å². The van der Waals surface area contributed by atoms with Crippen molar-refractivity contribution in [2.75, 3.05) is 0 Å². The molecule has 1 heterocycles. The molecule has 0 saturated heterocycles. The molecule has 1 fully saturated rings. The number of fused-ring (bicyclic) bond motifs is 1. The van der Waals surface area contributed by atoms with Gasteiger partial charge in [0.1, 0.15) is 0 Å². The van der Waals surface area contributed by atoms with E-state index < -0.39 is 0 Å². The molecule has 1 aromatic carbocycles. The molecule has 1 aliphatic heterocycles. The highest BCUT2D eigenvalue weighted by Gasteiger charge is 2.43. The molecule has 2 amide bonds. The second kappa shape index (κ2) is 4.70. The molecule has 3 rings (SSSR count). The van der Waals surface area contributed by atoms with E-state index in [2.05, 4.69) is 0 Å². The third-order valence-corrected chi connectivity index (χ3v) is 4.60. The number of hydrogen-bond donors (Lipinski definition) is 1. The molecule has 0 aromatic heterocycles. The molecule has 1 aromatic rings. The van der Waals surface area contributed by atoms with Crippen molar-refractivity contribution in [2.24, 2.45) is 5.73 Å². The van der Waals surface area contributed by atoms with Crippen LogP contribution in [-0.4, -0.2) is 28.8 Å². The van der Waals surface area contributed by atoms with Crippen LogP contribution in [0.2, 0.25) is 0 Å². The van der Waals surface area contributed by atoms with Gasteiger partial charge >= 0.3 is 0 Å². The van der Waals surface area contributed by atoms with Crippen LogP contribution in [0.15, 0.2) is 12.1 Å². The molecular formula is C16H20N2O2. The quantitative estimate of drug-likeness (QED) is 0.797. The van der Waals surface area contributed by atoms with Crippen LogP contribution in [0, 0.1) is 13.8 Å². The van der Waals surface area contributed by atoms with Gasteiger partial charge in [0.15, 0.2) is 0 Å². The Hall–Kier alpha value is -1.68. The minimum atomic E-state index is -0.159. The Morgan fingerprint density at radius 1 is 1.00 bits per heavy atom. The van der Waals surface area contributed by atoms with E-state index in [1.807, 2.05) is 26.0 Å². The topological polar surface area (TPSA) is 63.4 Å². The number of amides is 2. The van der Waals surface area contributed by atoms with Crippen LogP contribution >= 0.6 is 0 Å². The van der Waals surface area contributed by atoms with E-state index in [1.54, 1.807) is 0 Å². The van der Waals surface area contributed by atoms with Gasteiger partial charge in [0.2, 0.25) is 0 Å². The van der Waals surface area contributed by atoms with Crippen molar-refractivity contribution < 1.29 is 9.59 Å². The first kappa shape index (κ1) is 13.3. The number of hydrogen-bond acceptors (Lipinski definition) is 3. The summed E-state index contributed by atoms with van der Waals surface area (Å²) in [6.45, 7) is 3.77. The molecule has 106 valence electrons. The summed E-state index contributed by atoms with van der Waals surface area (Å²) in [6, 6.07) is 3.58. The zero-order valence-electron chi connectivity index (χ0n) is 12.0. The summed E-state index contributed by atoms with van der Waals surface area (Å²) in [5.74, 6) is -0.317. The van der Waals surface area contributed by atoms with Gasteiger partial charge in [-0.1, -0.05) is 25.0 Å². The fourth-order valence-electron chi connectivity index (χ4n) is 3.46. The molecule has 1 aliphatic carbocycles. The Labute approximate surface area is 118 Å². The third kappa shape index (κ3) is 1.79. The second-order valence-corrected chi connectivity index (χ2v) is 5.95. The van der Waals surface area contributed by atoms with Crippen molar-refractivity contribution in [3.05, 3.63) is 34.4 Å². The number of nitrogens with zero attached hydrogens (tertiary/aromatic N) is 1. The smallest absolute Gasteiger partial charge is 0.262 e. The minimum Gasteiger partial charge on any atom is -0.326 e. The predicted octanol–water partition coefficient (Wildman–Crippen LogP) is 2.17. The lowest BCUT2D eigenvalue weighted by atomic mass is 9.90. The van der Waals surface area contributed by atoms with Crippen molar-refractivity contribution >= 4 is 11.8 Å². The largest absolute Gasteiger partial charge is 0.326 e. The van der Waals surface area contributed by atoms with E-state index in [1.165, 1.54) is 4.90 Å². The van der Waals surface area contributed by atoms with Crippen LogP contribution in [0.1, 0.15) is 57.5 Å². The maximum absolute atomic E-state index is 12.7. The van der Waals surface area contributed by atoms with E-state index in [-0.39, 0.29) is 23.9 Å². The van der Waals surface area contributed by atoms with Gasteiger partial charge in [-0.15, -0.1) is 0 Å². The molecular weight excluding hydrogens is 252 g/mol. The molecule has 4 nitrogen and oxygen atoms in total. The SMILES string of the molecule is Cc1ccc(C)c2c1C(=O)N([C@@H]1CCCC[C@H]1N)C2=O. The molecule has 2 N–H and O–H groups in total. The second-order valence-electron chi connectivity index (χ2n) is 5.95. The monoisotopic (exact) mass is 272 g/mol. The van der Waals surface area contributed by atoms with Crippen LogP contribution in [0.5, 0.6) is 0 Å². The van der Waals surface area contributed by atoms with Gasteiger partial charge in [-0.25, -0.2) is 0 Å². The first-order valence-corrected chi connectivity index (χ1v) is 7.26. The van der Waals surface area contributed by atoms with Gasteiger partial charge < -0.3 is 5.73 Å². The highest BCUT2D eigenvalue weighted by molar-refractivity contribution is 6.22. The Morgan fingerprint density at radius 3 is 2.00 bits per heavy atom. The highest BCUT2D eigenvalue weighted by atomic mass is 16.2. The van der Waals surface area contributed by atoms with E-state index in [0.29, 0.717) is 11.1 Å². The van der Waals surface area contributed by atoms with Crippen molar-refractivity contribution in [1.29, 1.82) is 0 Å². The van der Waals surface area contributed by atoms with Gasteiger partial charge in [0.25, 0.3) is 11.8 Å². The van der Waals surface area contributed by atoms with Gasteiger partial charge in [0, 0.05) is 6.04 Å². The third-order valence-electron chi connectivity index (χ3n) is 4.60. The first-order valence-electron chi connectivity index (χ1n) is 7.26. The number of rotatable bonds is 1. The zero-order valence-corrected chi connectivity index (χ0v) is 12.0. The van der Waals surface area contributed by atoms with Crippen molar-refractivity contribution in [2.45, 2.75) is 51.6 Å². The standard InChI is InChI=1S/C16H20N2O2/c1-9-7-8-10(2)14-13(9)15(19)18(16(14)20)12-6-4-3-5-11(12)17/h7-8,11-12H,3-6,17H2,1-2H3/t11-,12-/m1/s1. The first-order chi connectivity index (χ1) is 9.52. The number of carbonyl (C=O) groups excluding carboxylic acids is 2. The number of aryl methyl sites for hydroxylation is 2. The average Bonchev–Trinajstić information content (AvgIpc) is 2.68. The van der Waals surface area contributed by atoms with Gasteiger partial charge in [-0.3, -0.25) is 14.5 Å². The summed E-state index contributed by atoms with van der Waals surface area (Å²) < 4.78 is 0. The molecule has 20 heavy (non-hydrogen) atoms. The van der Waals surface area contributed by atoms with Gasteiger partial charge in [0.05, 0.1) is 17.2 Å². The van der Waals surface area contributed by atoms with Crippen molar-refractivity contribution in [3.8, 4) is 0 Å². The Bertz CT molecular complexity index is 553. The highest BCUT2D eigenvalue weighted by Crippen LogP contribution is 2.33. The average molecular weight is 272 g/mol. The van der Waals surface area contributed by atoms with Crippen LogP contribution in [0.3, 0.4) is 0 Å². The number of nitrogens with two attached hydrogens (primary N) is 1. The Kier molecular flexibility index (Phi) is 3.13. The van der Waals surface area contributed by atoms with E-state index in [0.717, 1.165) is 36.8 Å². The van der Waals surface area contributed by atoms with E-state index in [4.69, 9.17) is 5.73 Å². The normalized spacial score (nSPS) is 26.1. The maximum atomic E-state index is 12.7. The lowest BCUT2D eigenvalue weighted by molar-refractivity contribution is 0.0525.